The zero-order valence-corrected chi connectivity index (χ0v) is 13.1. The first kappa shape index (κ1) is 16.1. The molecule has 112 valence electrons. The topological polar surface area (TPSA) is 50.1 Å². The molecule has 2 rings (SSSR count). The van der Waals surface area contributed by atoms with E-state index in [4.69, 9.17) is 21.6 Å². The molecule has 0 fully saturated rings. The Bertz CT molecular complexity index is 702. The van der Waals surface area contributed by atoms with E-state index in [1.54, 1.807) is 12.1 Å². The minimum absolute atomic E-state index is 0.0846. The van der Waals surface area contributed by atoms with Crippen LogP contribution in [0.4, 0.5) is 0 Å². The van der Waals surface area contributed by atoms with Crippen molar-refractivity contribution in [2.75, 3.05) is 6.61 Å². The van der Waals surface area contributed by atoms with Gasteiger partial charge in [0.05, 0.1) is 16.7 Å². The van der Waals surface area contributed by atoms with Crippen LogP contribution in [0, 0.1) is 11.3 Å². The summed E-state index contributed by atoms with van der Waals surface area (Å²) in [5.41, 5.74) is 2.29. The van der Waals surface area contributed by atoms with Gasteiger partial charge < -0.3 is 4.74 Å². The number of nitriles is 1. The summed E-state index contributed by atoms with van der Waals surface area (Å²) in [5, 5.41) is 9.10. The van der Waals surface area contributed by atoms with Crippen LogP contribution in [0.2, 0.25) is 5.02 Å². The molecule has 3 nitrogen and oxygen atoms in total. The van der Waals surface area contributed by atoms with Crippen molar-refractivity contribution in [3.8, 4) is 11.8 Å². The van der Waals surface area contributed by atoms with E-state index in [9.17, 15) is 4.79 Å². The number of ether oxygens (including phenoxy) is 1. The molecule has 2 aromatic rings. The fourth-order valence-electron chi connectivity index (χ4n) is 2.06. The van der Waals surface area contributed by atoms with Crippen molar-refractivity contribution in [1.29, 1.82) is 5.26 Å². The molecule has 0 saturated heterocycles. The molecule has 0 saturated carbocycles. The summed E-state index contributed by atoms with van der Waals surface area (Å²) >= 11 is 6.01. The molecule has 0 radical (unpaired) electrons. The van der Waals surface area contributed by atoms with Gasteiger partial charge in [-0.05, 0) is 30.2 Å². The first-order chi connectivity index (χ1) is 10.6. The average Bonchev–Trinajstić information content (AvgIpc) is 2.54. The maximum Gasteiger partial charge on any atom is 0.200 e. The number of Topliss-reactive ketones (excluding diaryl/α,β-unsaturated/α-hetero) is 1. The van der Waals surface area contributed by atoms with E-state index in [0.29, 0.717) is 21.9 Å². The third-order valence-electron chi connectivity index (χ3n) is 3.23. The lowest BCUT2D eigenvalue weighted by Crippen LogP contribution is -2.11. The molecule has 0 bridgehead atoms. The highest BCUT2D eigenvalue weighted by Crippen LogP contribution is 2.25. The molecule has 0 aromatic heterocycles. The lowest BCUT2D eigenvalue weighted by molar-refractivity contribution is 0.0921. The highest BCUT2D eigenvalue weighted by atomic mass is 35.5. The van der Waals surface area contributed by atoms with Crippen LogP contribution in [0.25, 0.3) is 0 Å². The summed E-state index contributed by atoms with van der Waals surface area (Å²) in [4.78, 5) is 12.1. The summed E-state index contributed by atoms with van der Waals surface area (Å²) in [5.74, 6) is 0.292. The monoisotopic (exact) mass is 313 g/mol. The first-order valence-corrected chi connectivity index (χ1v) is 7.46. The number of nitrogens with zero attached hydrogens (tertiary/aromatic N) is 1. The van der Waals surface area contributed by atoms with E-state index in [1.165, 1.54) is 11.6 Å². The second-order valence-electron chi connectivity index (χ2n) is 4.92. The van der Waals surface area contributed by atoms with Gasteiger partial charge in [0.25, 0.3) is 0 Å². The third-order valence-corrected chi connectivity index (χ3v) is 3.53. The van der Waals surface area contributed by atoms with Gasteiger partial charge in [-0.2, -0.15) is 5.26 Å². The second kappa shape index (κ2) is 7.63. The highest BCUT2D eigenvalue weighted by Gasteiger charge is 2.09. The van der Waals surface area contributed by atoms with Crippen molar-refractivity contribution in [3.63, 3.8) is 0 Å². The van der Waals surface area contributed by atoms with Crippen molar-refractivity contribution < 1.29 is 9.53 Å². The van der Waals surface area contributed by atoms with Crippen LogP contribution in [0.3, 0.4) is 0 Å². The maximum absolute atomic E-state index is 12.1. The standard InChI is InChI=1S/C18H16ClNO2/c1-2-3-13-4-7-15(8-5-13)17(21)12-22-18-9-6-14(11-20)10-16(18)19/h4-10H,2-3,12H2,1H3. The number of carbonyl (C=O) groups is 1. The Balaban J connectivity index is 1.99. The molecule has 4 heteroatoms. The van der Waals surface area contributed by atoms with Gasteiger partial charge in [-0.25, -0.2) is 0 Å². The van der Waals surface area contributed by atoms with Crippen LogP contribution >= 0.6 is 11.6 Å². The molecule has 0 aliphatic heterocycles. The molecule has 0 spiro atoms. The van der Waals surface area contributed by atoms with Crippen LogP contribution in [0.1, 0.15) is 34.8 Å². The maximum atomic E-state index is 12.1. The van der Waals surface area contributed by atoms with Crippen molar-refractivity contribution >= 4 is 17.4 Å². The minimum Gasteiger partial charge on any atom is -0.484 e. The van der Waals surface area contributed by atoms with E-state index in [-0.39, 0.29) is 12.4 Å². The second-order valence-corrected chi connectivity index (χ2v) is 5.32. The van der Waals surface area contributed by atoms with Gasteiger partial charge in [-0.1, -0.05) is 49.2 Å². The van der Waals surface area contributed by atoms with E-state index in [2.05, 4.69) is 6.92 Å². The SMILES string of the molecule is CCCc1ccc(C(=O)COc2ccc(C#N)cc2Cl)cc1. The zero-order valence-electron chi connectivity index (χ0n) is 12.3. The first-order valence-electron chi connectivity index (χ1n) is 7.08. The Morgan fingerprint density at radius 3 is 2.55 bits per heavy atom. The van der Waals surface area contributed by atoms with E-state index < -0.39 is 0 Å². The lowest BCUT2D eigenvalue weighted by atomic mass is 10.1. The largest absolute Gasteiger partial charge is 0.484 e. The lowest BCUT2D eigenvalue weighted by Gasteiger charge is -2.08. The Morgan fingerprint density at radius 1 is 1.23 bits per heavy atom. The van der Waals surface area contributed by atoms with Crippen molar-refractivity contribution in [2.24, 2.45) is 0 Å². The van der Waals surface area contributed by atoms with Gasteiger partial charge in [0.15, 0.2) is 12.4 Å². The van der Waals surface area contributed by atoms with Gasteiger partial charge in [0.1, 0.15) is 5.75 Å². The molecule has 0 heterocycles. The quantitative estimate of drug-likeness (QED) is 0.741. The van der Waals surface area contributed by atoms with E-state index >= 15 is 0 Å². The number of hydrogen-bond donors (Lipinski definition) is 0. The van der Waals surface area contributed by atoms with Crippen molar-refractivity contribution in [2.45, 2.75) is 19.8 Å². The number of hydrogen-bond acceptors (Lipinski definition) is 3. The Kier molecular flexibility index (Phi) is 5.57. The Morgan fingerprint density at radius 2 is 1.95 bits per heavy atom. The normalized spacial score (nSPS) is 10.0. The molecule has 0 amide bonds. The molecule has 2 aromatic carbocycles. The molecule has 0 aliphatic rings. The number of aryl methyl sites for hydroxylation is 1. The van der Waals surface area contributed by atoms with Gasteiger partial charge in [-0.3, -0.25) is 4.79 Å². The number of benzene rings is 2. The zero-order chi connectivity index (χ0) is 15.9. The summed E-state index contributed by atoms with van der Waals surface area (Å²) < 4.78 is 5.44. The molecular weight excluding hydrogens is 298 g/mol. The van der Waals surface area contributed by atoms with E-state index in [0.717, 1.165) is 12.8 Å². The number of rotatable bonds is 6. The van der Waals surface area contributed by atoms with Crippen LogP contribution in [-0.4, -0.2) is 12.4 Å². The van der Waals surface area contributed by atoms with Gasteiger partial charge in [-0.15, -0.1) is 0 Å². The predicted octanol–water partition coefficient (Wildman–Crippen LogP) is 4.43. The van der Waals surface area contributed by atoms with E-state index in [1.807, 2.05) is 30.3 Å². The van der Waals surface area contributed by atoms with Crippen LogP contribution in [0.15, 0.2) is 42.5 Å². The summed E-state index contributed by atoms with van der Waals surface area (Å²) in [6, 6.07) is 14.3. The Hall–Kier alpha value is -2.31. The van der Waals surface area contributed by atoms with Crippen LogP contribution in [-0.2, 0) is 6.42 Å². The Labute approximate surface area is 135 Å². The highest BCUT2D eigenvalue weighted by molar-refractivity contribution is 6.32. The molecular formula is C18H16ClNO2. The van der Waals surface area contributed by atoms with Crippen molar-refractivity contribution in [3.05, 3.63) is 64.2 Å². The average molecular weight is 314 g/mol. The molecule has 0 atom stereocenters. The van der Waals surface area contributed by atoms with Gasteiger partial charge >= 0.3 is 0 Å². The van der Waals surface area contributed by atoms with Gasteiger partial charge in [0.2, 0.25) is 0 Å². The van der Waals surface area contributed by atoms with Crippen LogP contribution in [0.5, 0.6) is 5.75 Å². The number of carbonyl (C=O) groups excluding carboxylic acids is 1. The summed E-state index contributed by atoms with van der Waals surface area (Å²) in [6.45, 7) is 2.03. The van der Waals surface area contributed by atoms with Crippen LogP contribution < -0.4 is 4.74 Å². The fraction of sp³-hybridized carbons (Fsp3) is 0.222. The van der Waals surface area contributed by atoms with Gasteiger partial charge in [0, 0.05) is 5.56 Å². The molecule has 22 heavy (non-hydrogen) atoms. The smallest absolute Gasteiger partial charge is 0.200 e. The predicted molar refractivity (Wildman–Crippen MR) is 86.4 cm³/mol. The summed E-state index contributed by atoms with van der Waals surface area (Å²) in [6.07, 6.45) is 2.08. The molecule has 0 N–H and O–H groups in total. The minimum atomic E-state index is -0.108. The molecule has 0 aliphatic carbocycles. The number of ketones is 1. The summed E-state index contributed by atoms with van der Waals surface area (Å²) in [7, 11) is 0. The fourth-order valence-corrected chi connectivity index (χ4v) is 2.30. The number of halogens is 1. The van der Waals surface area contributed by atoms with Crippen molar-refractivity contribution in [1.82, 2.24) is 0 Å². The molecule has 0 unspecified atom stereocenters. The third kappa shape index (κ3) is 4.09.